The Hall–Kier alpha value is -1.05. The van der Waals surface area contributed by atoms with Crippen molar-refractivity contribution >= 4 is 5.97 Å². The molecule has 1 aliphatic carbocycles. The van der Waals surface area contributed by atoms with Gasteiger partial charge in [-0.1, -0.05) is 17.7 Å². The predicted octanol–water partition coefficient (Wildman–Crippen LogP) is 2.13. The van der Waals surface area contributed by atoms with E-state index in [0.29, 0.717) is 0 Å². The second-order valence-corrected chi connectivity index (χ2v) is 2.70. The molecule has 0 saturated carbocycles. The molecule has 0 fully saturated rings. The molecule has 0 atom stereocenters. The summed E-state index contributed by atoms with van der Waals surface area (Å²) >= 11 is 0. The first-order valence-electron chi connectivity index (χ1n) is 3.89. The van der Waals surface area contributed by atoms with Crippen LogP contribution >= 0.6 is 0 Å². The Morgan fingerprint density at radius 1 is 1.55 bits per heavy atom. The van der Waals surface area contributed by atoms with E-state index in [1.165, 1.54) is 24.5 Å². The zero-order valence-electron chi connectivity index (χ0n) is 6.42. The fourth-order valence-corrected chi connectivity index (χ4v) is 1.19. The lowest BCUT2D eigenvalue weighted by atomic mass is 9.99. The monoisotopic (exact) mass is 152 g/mol. The molecule has 11 heavy (non-hydrogen) atoms. The third kappa shape index (κ3) is 3.03. The van der Waals surface area contributed by atoms with Gasteiger partial charge in [-0.2, -0.15) is 0 Å². The van der Waals surface area contributed by atoms with Crippen LogP contribution in [0.2, 0.25) is 0 Å². The molecule has 1 N–H and O–H groups in total. The van der Waals surface area contributed by atoms with Crippen molar-refractivity contribution in [2.24, 2.45) is 0 Å². The SMILES string of the molecule is O=C(O)/C=C\C1=CCCCC1. The molecule has 0 aromatic heterocycles. The lowest BCUT2D eigenvalue weighted by Crippen LogP contribution is -1.91. The molecule has 0 radical (unpaired) electrons. The number of carboxylic acids is 1. The first-order chi connectivity index (χ1) is 5.29. The quantitative estimate of drug-likeness (QED) is 0.615. The molecule has 1 rings (SSSR count). The molecule has 0 aromatic carbocycles. The first kappa shape index (κ1) is 8.05. The van der Waals surface area contributed by atoms with Crippen LogP contribution in [0.1, 0.15) is 25.7 Å². The number of rotatable bonds is 2. The van der Waals surface area contributed by atoms with Gasteiger partial charge in [-0.3, -0.25) is 0 Å². The second kappa shape index (κ2) is 3.96. The van der Waals surface area contributed by atoms with E-state index >= 15 is 0 Å². The molecule has 0 amide bonds. The Kier molecular flexibility index (Phi) is 2.90. The number of allylic oxidation sites excluding steroid dienone is 3. The van der Waals surface area contributed by atoms with E-state index < -0.39 is 5.97 Å². The largest absolute Gasteiger partial charge is 0.478 e. The summed E-state index contributed by atoms with van der Waals surface area (Å²) in [5, 5.41) is 8.33. The average molecular weight is 152 g/mol. The van der Waals surface area contributed by atoms with Gasteiger partial charge in [0.25, 0.3) is 0 Å². The molecule has 0 aliphatic heterocycles. The first-order valence-corrected chi connectivity index (χ1v) is 3.89. The van der Waals surface area contributed by atoms with E-state index in [9.17, 15) is 4.79 Å². The van der Waals surface area contributed by atoms with Gasteiger partial charge in [0.05, 0.1) is 0 Å². The lowest BCUT2D eigenvalue weighted by molar-refractivity contribution is -0.131. The Morgan fingerprint density at radius 2 is 2.36 bits per heavy atom. The van der Waals surface area contributed by atoms with Crippen LogP contribution in [0.3, 0.4) is 0 Å². The highest BCUT2D eigenvalue weighted by molar-refractivity contribution is 5.80. The van der Waals surface area contributed by atoms with Crippen molar-refractivity contribution in [3.8, 4) is 0 Å². The van der Waals surface area contributed by atoms with Crippen LogP contribution in [-0.4, -0.2) is 11.1 Å². The molecule has 0 unspecified atom stereocenters. The maximum Gasteiger partial charge on any atom is 0.328 e. The average Bonchev–Trinajstić information content (AvgIpc) is 2.03. The Bertz CT molecular complexity index is 202. The van der Waals surface area contributed by atoms with E-state index in [0.717, 1.165) is 12.8 Å². The highest BCUT2D eigenvalue weighted by Crippen LogP contribution is 2.17. The Balaban J connectivity index is 2.47. The fraction of sp³-hybridized carbons (Fsp3) is 0.444. The molecule has 0 aromatic rings. The zero-order valence-corrected chi connectivity index (χ0v) is 6.42. The van der Waals surface area contributed by atoms with Crippen molar-refractivity contribution in [3.05, 3.63) is 23.8 Å². The predicted molar refractivity (Wildman–Crippen MR) is 43.3 cm³/mol. The second-order valence-electron chi connectivity index (χ2n) is 2.70. The molecule has 2 nitrogen and oxygen atoms in total. The maximum absolute atomic E-state index is 10.1. The van der Waals surface area contributed by atoms with Gasteiger partial charge in [0, 0.05) is 6.08 Å². The van der Waals surface area contributed by atoms with Crippen molar-refractivity contribution in [1.29, 1.82) is 0 Å². The van der Waals surface area contributed by atoms with Gasteiger partial charge in [0.15, 0.2) is 0 Å². The molecule has 60 valence electrons. The smallest absolute Gasteiger partial charge is 0.328 e. The topological polar surface area (TPSA) is 37.3 Å². The minimum absolute atomic E-state index is 0.864. The van der Waals surface area contributed by atoms with Crippen LogP contribution < -0.4 is 0 Å². The minimum atomic E-state index is -0.864. The zero-order chi connectivity index (χ0) is 8.10. The normalized spacial score (nSPS) is 18.4. The van der Waals surface area contributed by atoms with E-state index in [1.807, 2.05) is 0 Å². The fourth-order valence-electron chi connectivity index (χ4n) is 1.19. The van der Waals surface area contributed by atoms with Crippen LogP contribution in [0.25, 0.3) is 0 Å². The van der Waals surface area contributed by atoms with E-state index in [4.69, 9.17) is 5.11 Å². The van der Waals surface area contributed by atoms with Crippen molar-refractivity contribution in [3.63, 3.8) is 0 Å². The number of hydrogen-bond acceptors (Lipinski definition) is 1. The summed E-state index contributed by atoms with van der Waals surface area (Å²) in [6.45, 7) is 0. The van der Waals surface area contributed by atoms with Gasteiger partial charge in [-0.05, 0) is 25.7 Å². The summed E-state index contributed by atoms with van der Waals surface area (Å²) in [5.41, 5.74) is 1.17. The van der Waals surface area contributed by atoms with Crippen molar-refractivity contribution in [2.75, 3.05) is 0 Å². The molecule has 0 saturated heterocycles. The molecule has 0 bridgehead atoms. The third-order valence-corrected chi connectivity index (χ3v) is 1.77. The highest BCUT2D eigenvalue weighted by Gasteiger charge is 1.99. The Labute approximate surface area is 66.2 Å². The van der Waals surface area contributed by atoms with Gasteiger partial charge in [-0.15, -0.1) is 0 Å². The number of carbonyl (C=O) groups is 1. The van der Waals surface area contributed by atoms with Gasteiger partial charge in [0.2, 0.25) is 0 Å². The van der Waals surface area contributed by atoms with Crippen LogP contribution in [-0.2, 0) is 4.79 Å². The molecule has 0 heterocycles. The molecule has 2 heteroatoms. The molecular weight excluding hydrogens is 140 g/mol. The standard InChI is InChI=1S/C9H12O2/c10-9(11)7-6-8-4-2-1-3-5-8/h4,6-7H,1-3,5H2,(H,10,11)/b7-6-. The summed E-state index contributed by atoms with van der Waals surface area (Å²) in [7, 11) is 0. The third-order valence-electron chi connectivity index (χ3n) is 1.77. The molecular formula is C9H12O2. The minimum Gasteiger partial charge on any atom is -0.478 e. The number of hydrogen-bond donors (Lipinski definition) is 1. The van der Waals surface area contributed by atoms with Gasteiger partial charge in [0.1, 0.15) is 0 Å². The highest BCUT2D eigenvalue weighted by atomic mass is 16.4. The molecule has 1 aliphatic rings. The number of aliphatic carboxylic acids is 1. The van der Waals surface area contributed by atoms with Crippen LogP contribution in [0, 0.1) is 0 Å². The lowest BCUT2D eigenvalue weighted by Gasteiger charge is -2.07. The summed E-state index contributed by atoms with van der Waals surface area (Å²) in [4.78, 5) is 10.1. The summed E-state index contributed by atoms with van der Waals surface area (Å²) in [5.74, 6) is -0.864. The molecule has 0 spiro atoms. The van der Waals surface area contributed by atoms with Crippen molar-refractivity contribution < 1.29 is 9.90 Å². The van der Waals surface area contributed by atoms with Gasteiger partial charge >= 0.3 is 5.97 Å². The van der Waals surface area contributed by atoms with Crippen molar-refractivity contribution in [2.45, 2.75) is 25.7 Å². The summed E-state index contributed by atoms with van der Waals surface area (Å²) in [6, 6.07) is 0. The van der Waals surface area contributed by atoms with Gasteiger partial charge < -0.3 is 5.11 Å². The Morgan fingerprint density at radius 3 is 2.91 bits per heavy atom. The van der Waals surface area contributed by atoms with E-state index in [1.54, 1.807) is 6.08 Å². The summed E-state index contributed by atoms with van der Waals surface area (Å²) in [6.07, 6.45) is 9.57. The van der Waals surface area contributed by atoms with Crippen LogP contribution in [0.5, 0.6) is 0 Å². The van der Waals surface area contributed by atoms with Gasteiger partial charge in [-0.25, -0.2) is 4.79 Å². The maximum atomic E-state index is 10.1. The van der Waals surface area contributed by atoms with Crippen LogP contribution in [0.15, 0.2) is 23.8 Å². The van der Waals surface area contributed by atoms with Crippen LogP contribution in [0.4, 0.5) is 0 Å². The number of carboxylic acid groups (broad SMARTS) is 1. The van der Waals surface area contributed by atoms with E-state index in [2.05, 4.69) is 6.08 Å². The summed E-state index contributed by atoms with van der Waals surface area (Å²) < 4.78 is 0. The van der Waals surface area contributed by atoms with E-state index in [-0.39, 0.29) is 0 Å². The van der Waals surface area contributed by atoms with Crippen molar-refractivity contribution in [1.82, 2.24) is 0 Å².